The van der Waals surface area contributed by atoms with Crippen LogP contribution in [-0.2, 0) is 24.9 Å². The van der Waals surface area contributed by atoms with E-state index in [0.29, 0.717) is 11.6 Å². The molecule has 1 aliphatic carbocycles. The quantitative estimate of drug-likeness (QED) is 0.898. The lowest BCUT2D eigenvalue weighted by molar-refractivity contribution is 0.0999. The van der Waals surface area contributed by atoms with Gasteiger partial charge in [-0.2, -0.15) is 0 Å². The molecule has 1 amide bonds. The molecule has 2 aliphatic rings. The van der Waals surface area contributed by atoms with Crippen LogP contribution in [0.1, 0.15) is 72.0 Å². The zero-order valence-electron chi connectivity index (χ0n) is 15.1. The third kappa shape index (κ3) is 2.78. The number of amides is 1. The van der Waals surface area contributed by atoms with E-state index in [0.717, 1.165) is 38.0 Å². The van der Waals surface area contributed by atoms with Crippen molar-refractivity contribution in [2.75, 3.05) is 0 Å². The van der Waals surface area contributed by atoms with Gasteiger partial charge < -0.3 is 15.6 Å². The number of fused-ring (bicyclic) bond motifs is 2. The predicted molar refractivity (Wildman–Crippen MR) is 99.6 cm³/mol. The number of primary amides is 1. The van der Waals surface area contributed by atoms with Crippen molar-refractivity contribution in [2.24, 2.45) is 5.73 Å². The minimum absolute atomic E-state index is 0.200. The van der Waals surface area contributed by atoms with E-state index in [1.807, 2.05) is 6.07 Å². The van der Waals surface area contributed by atoms with Gasteiger partial charge in [-0.1, -0.05) is 38.1 Å². The van der Waals surface area contributed by atoms with E-state index in [1.165, 1.54) is 23.2 Å². The van der Waals surface area contributed by atoms with Gasteiger partial charge in [0, 0.05) is 30.5 Å². The zero-order valence-corrected chi connectivity index (χ0v) is 15.1. The van der Waals surface area contributed by atoms with Gasteiger partial charge in [0.2, 0.25) is 0 Å². The van der Waals surface area contributed by atoms with Gasteiger partial charge in [-0.15, -0.1) is 0 Å². The molecule has 4 nitrogen and oxygen atoms in total. The van der Waals surface area contributed by atoms with Crippen LogP contribution in [0.25, 0.3) is 0 Å². The summed E-state index contributed by atoms with van der Waals surface area (Å²) in [5.41, 5.74) is 11.7. The van der Waals surface area contributed by atoms with E-state index < -0.39 is 0 Å². The van der Waals surface area contributed by atoms with Gasteiger partial charge >= 0.3 is 0 Å². The van der Waals surface area contributed by atoms with E-state index >= 15 is 0 Å². The molecule has 4 rings (SSSR count). The first-order valence-electron chi connectivity index (χ1n) is 9.31. The van der Waals surface area contributed by atoms with E-state index in [2.05, 4.69) is 48.0 Å². The molecule has 1 unspecified atom stereocenters. The Morgan fingerprint density at radius 3 is 2.92 bits per heavy atom. The van der Waals surface area contributed by atoms with Gasteiger partial charge in [-0.3, -0.25) is 4.79 Å². The van der Waals surface area contributed by atoms with Gasteiger partial charge in [-0.05, 0) is 48.3 Å². The molecule has 0 bridgehead atoms. The van der Waals surface area contributed by atoms with E-state index in [9.17, 15) is 4.79 Å². The Labute approximate surface area is 149 Å². The monoisotopic (exact) mass is 337 g/mol. The van der Waals surface area contributed by atoms with E-state index in [-0.39, 0.29) is 11.3 Å². The van der Waals surface area contributed by atoms with Crippen molar-refractivity contribution in [3.8, 4) is 0 Å². The lowest BCUT2D eigenvalue weighted by Gasteiger charge is -2.21. The molecule has 0 saturated carbocycles. The van der Waals surface area contributed by atoms with Crippen molar-refractivity contribution in [1.29, 1.82) is 0 Å². The first kappa shape index (κ1) is 16.4. The highest BCUT2D eigenvalue weighted by atomic mass is 16.1. The number of nitrogens with one attached hydrogen (secondary N) is 1. The van der Waals surface area contributed by atoms with Crippen LogP contribution in [0.15, 0.2) is 30.3 Å². The number of aromatic nitrogens is 1. The van der Waals surface area contributed by atoms with Crippen LogP contribution in [0.2, 0.25) is 0 Å². The Morgan fingerprint density at radius 1 is 1.32 bits per heavy atom. The Balaban J connectivity index is 1.58. The second-order valence-electron chi connectivity index (χ2n) is 8.08. The number of rotatable bonds is 4. The number of hydrogen-bond donors (Lipinski definition) is 2. The molecule has 0 fully saturated rings. The van der Waals surface area contributed by atoms with E-state index in [4.69, 9.17) is 5.73 Å². The Bertz CT molecular complexity index is 819. The highest BCUT2D eigenvalue weighted by Gasteiger charge is 2.36. The number of carbonyl (C=O) groups is 1. The molecule has 1 aromatic carbocycles. The SMILES string of the molecule is CC1(C)CC(NCc2cc(C(N)=O)c3n2CCCC3)c2ccccc21. The maximum absolute atomic E-state index is 11.8. The van der Waals surface area contributed by atoms with Gasteiger partial charge in [-0.25, -0.2) is 0 Å². The summed E-state index contributed by atoms with van der Waals surface area (Å²) in [4.78, 5) is 11.8. The Morgan fingerprint density at radius 2 is 2.12 bits per heavy atom. The molecule has 0 radical (unpaired) electrons. The van der Waals surface area contributed by atoms with Crippen molar-refractivity contribution in [3.63, 3.8) is 0 Å². The smallest absolute Gasteiger partial charge is 0.250 e. The molecule has 0 spiro atoms. The third-order valence-electron chi connectivity index (χ3n) is 5.91. The van der Waals surface area contributed by atoms with Crippen molar-refractivity contribution in [2.45, 2.75) is 64.1 Å². The predicted octanol–water partition coefficient (Wildman–Crippen LogP) is 3.44. The first-order chi connectivity index (χ1) is 12.0. The first-order valence-corrected chi connectivity index (χ1v) is 9.31. The molecule has 3 N–H and O–H groups in total. The standard InChI is InChI=1S/C21H27N3O/c1-21(2)12-18(15-7-3-4-8-17(15)21)23-13-14-11-16(20(22)25)19-9-5-6-10-24(14)19/h3-4,7-8,11,18,23H,5-6,9-10,12-13H2,1-2H3,(H2,22,25). The highest BCUT2D eigenvalue weighted by molar-refractivity contribution is 5.94. The number of benzene rings is 1. The highest BCUT2D eigenvalue weighted by Crippen LogP contribution is 2.44. The largest absolute Gasteiger partial charge is 0.366 e. The normalized spacial score (nSPS) is 21.0. The van der Waals surface area contributed by atoms with Gasteiger partial charge in [0.15, 0.2) is 0 Å². The molecule has 25 heavy (non-hydrogen) atoms. The minimum Gasteiger partial charge on any atom is -0.366 e. The molecule has 1 aliphatic heterocycles. The average Bonchev–Trinajstić information content (AvgIpc) is 3.09. The van der Waals surface area contributed by atoms with Crippen LogP contribution in [-0.4, -0.2) is 10.5 Å². The van der Waals surface area contributed by atoms with Crippen molar-refractivity contribution >= 4 is 5.91 Å². The van der Waals surface area contributed by atoms with Crippen molar-refractivity contribution < 1.29 is 4.79 Å². The topological polar surface area (TPSA) is 60.0 Å². The lowest BCUT2D eigenvalue weighted by Crippen LogP contribution is -2.23. The van der Waals surface area contributed by atoms with Crippen molar-refractivity contribution in [3.05, 3.63) is 58.4 Å². The molecule has 4 heteroatoms. The minimum atomic E-state index is -0.302. The lowest BCUT2D eigenvalue weighted by atomic mass is 9.86. The summed E-state index contributed by atoms with van der Waals surface area (Å²) >= 11 is 0. The maximum Gasteiger partial charge on any atom is 0.250 e. The summed E-state index contributed by atoms with van der Waals surface area (Å²) in [7, 11) is 0. The molecule has 1 atom stereocenters. The summed E-state index contributed by atoms with van der Waals surface area (Å²) in [6.45, 7) is 6.40. The molecule has 2 aromatic rings. The second kappa shape index (κ2) is 6.03. The number of hydrogen-bond acceptors (Lipinski definition) is 2. The second-order valence-corrected chi connectivity index (χ2v) is 8.08. The molecular formula is C21H27N3O. The Hall–Kier alpha value is -2.07. The van der Waals surface area contributed by atoms with Crippen LogP contribution in [0.3, 0.4) is 0 Å². The summed E-state index contributed by atoms with van der Waals surface area (Å²) < 4.78 is 2.31. The number of nitrogens with zero attached hydrogens (tertiary/aromatic N) is 1. The van der Waals surface area contributed by atoms with Crippen LogP contribution in [0.5, 0.6) is 0 Å². The fourth-order valence-corrected chi connectivity index (χ4v) is 4.67. The Kier molecular flexibility index (Phi) is 3.95. The molecule has 132 valence electrons. The van der Waals surface area contributed by atoms with Crippen LogP contribution in [0.4, 0.5) is 0 Å². The van der Waals surface area contributed by atoms with E-state index in [1.54, 1.807) is 0 Å². The summed E-state index contributed by atoms with van der Waals surface area (Å²) in [5.74, 6) is -0.302. The summed E-state index contributed by atoms with van der Waals surface area (Å²) in [5, 5.41) is 3.74. The van der Waals surface area contributed by atoms with Crippen LogP contribution >= 0.6 is 0 Å². The number of nitrogens with two attached hydrogens (primary N) is 1. The fraction of sp³-hybridized carbons (Fsp3) is 0.476. The fourth-order valence-electron chi connectivity index (χ4n) is 4.67. The number of carbonyl (C=O) groups excluding carboxylic acids is 1. The van der Waals surface area contributed by atoms with Crippen molar-refractivity contribution in [1.82, 2.24) is 9.88 Å². The summed E-state index contributed by atoms with van der Waals surface area (Å²) in [6, 6.07) is 11.1. The summed E-state index contributed by atoms with van der Waals surface area (Å²) in [6.07, 6.45) is 4.37. The van der Waals surface area contributed by atoms with Gasteiger partial charge in [0.1, 0.15) is 0 Å². The zero-order chi connectivity index (χ0) is 17.6. The molecule has 2 heterocycles. The van der Waals surface area contributed by atoms with Crippen LogP contribution in [0, 0.1) is 0 Å². The molecular weight excluding hydrogens is 310 g/mol. The maximum atomic E-state index is 11.8. The third-order valence-corrected chi connectivity index (χ3v) is 5.91. The molecule has 1 aromatic heterocycles. The van der Waals surface area contributed by atoms with Gasteiger partial charge in [0.25, 0.3) is 5.91 Å². The van der Waals surface area contributed by atoms with Gasteiger partial charge in [0.05, 0.1) is 5.56 Å². The van der Waals surface area contributed by atoms with Crippen LogP contribution < -0.4 is 11.1 Å². The molecule has 0 saturated heterocycles. The average molecular weight is 337 g/mol.